The number of carbonyl (C=O) groups excluding carboxylic acids is 3. The number of aryl methyl sites for hydroxylation is 1. The Balaban J connectivity index is 1.44. The van der Waals surface area contributed by atoms with Gasteiger partial charge in [-0.2, -0.15) is 0 Å². The summed E-state index contributed by atoms with van der Waals surface area (Å²) in [6.07, 6.45) is 0. The number of thioether (sulfide) groups is 1. The predicted molar refractivity (Wildman–Crippen MR) is 147 cm³/mol. The maximum Gasteiger partial charge on any atom is 0.323 e. The van der Waals surface area contributed by atoms with Crippen LogP contribution in [0.2, 0.25) is 0 Å². The van der Waals surface area contributed by atoms with Crippen molar-refractivity contribution >= 4 is 52.5 Å². The second-order valence-electron chi connectivity index (χ2n) is 9.25. The van der Waals surface area contributed by atoms with Crippen molar-refractivity contribution in [2.45, 2.75) is 30.0 Å². The minimum absolute atomic E-state index is 0.279. The van der Waals surface area contributed by atoms with Crippen LogP contribution in [0.25, 0.3) is 0 Å². The van der Waals surface area contributed by atoms with Gasteiger partial charge < -0.3 is 24.9 Å². The summed E-state index contributed by atoms with van der Waals surface area (Å²) in [5, 5.41) is 11.6. The van der Waals surface area contributed by atoms with Crippen LogP contribution in [0.5, 0.6) is 11.5 Å². The molecule has 0 radical (unpaired) electrons. The van der Waals surface area contributed by atoms with Crippen molar-refractivity contribution in [3.8, 4) is 11.5 Å². The quantitative estimate of drug-likeness (QED) is 0.323. The molecule has 40 heavy (non-hydrogen) atoms. The van der Waals surface area contributed by atoms with E-state index in [0.717, 1.165) is 33.6 Å². The van der Waals surface area contributed by atoms with Crippen LogP contribution in [0.1, 0.15) is 28.8 Å². The Labute approximate surface area is 236 Å². The van der Waals surface area contributed by atoms with Gasteiger partial charge in [-0.15, -0.1) is 0 Å². The van der Waals surface area contributed by atoms with Gasteiger partial charge in [0.2, 0.25) is 11.8 Å². The van der Waals surface area contributed by atoms with Gasteiger partial charge >= 0.3 is 10.8 Å². The number of carboxylic acid groups (broad SMARTS) is 1. The average Bonchev–Trinajstić information content (AvgIpc) is 3.38. The summed E-state index contributed by atoms with van der Waals surface area (Å²) < 4.78 is 11.6. The molecule has 13 heteroatoms. The van der Waals surface area contributed by atoms with Gasteiger partial charge in [-0.3, -0.25) is 28.9 Å². The number of H-pyrrole nitrogens is 1. The summed E-state index contributed by atoms with van der Waals surface area (Å²) in [7, 11) is 0. The molecule has 0 bridgehead atoms. The molecule has 11 nitrogen and oxygen atoms in total. The number of benzene rings is 2. The van der Waals surface area contributed by atoms with Crippen molar-refractivity contribution in [2.75, 3.05) is 25.1 Å². The highest BCUT2D eigenvalue weighted by Crippen LogP contribution is 2.53. The van der Waals surface area contributed by atoms with Crippen molar-refractivity contribution in [2.24, 2.45) is 5.92 Å². The number of carboxylic acids is 1. The van der Waals surface area contributed by atoms with E-state index in [9.17, 15) is 29.1 Å². The highest BCUT2D eigenvalue weighted by Gasteiger charge is 2.56. The lowest BCUT2D eigenvalue weighted by Gasteiger charge is -2.30. The molecule has 2 aromatic carbocycles. The van der Waals surface area contributed by atoms with Crippen molar-refractivity contribution < 1.29 is 33.8 Å². The van der Waals surface area contributed by atoms with Gasteiger partial charge in [0, 0.05) is 16.5 Å². The number of aliphatic carboxylic acids is 1. The van der Waals surface area contributed by atoms with E-state index >= 15 is 0 Å². The average molecular weight is 584 g/mol. The smallest absolute Gasteiger partial charge is 0.323 e. The molecule has 3 aromatic rings. The zero-order valence-electron chi connectivity index (χ0n) is 21.5. The fourth-order valence-corrected chi connectivity index (χ4v) is 7.43. The topological polar surface area (TPSA) is 155 Å². The number of anilines is 1. The largest absolute Gasteiger partial charge is 0.490 e. The fourth-order valence-electron chi connectivity index (χ4n) is 4.89. The van der Waals surface area contributed by atoms with Crippen LogP contribution in [0, 0.1) is 12.8 Å². The molecule has 0 spiro atoms. The lowest BCUT2D eigenvalue weighted by Crippen LogP contribution is -2.36. The first-order valence-corrected chi connectivity index (χ1v) is 14.1. The van der Waals surface area contributed by atoms with E-state index in [1.54, 1.807) is 31.2 Å². The van der Waals surface area contributed by atoms with Crippen LogP contribution in [-0.2, 0) is 19.2 Å². The number of fused-ring (bicyclic) bond motifs is 2. The van der Waals surface area contributed by atoms with Gasteiger partial charge in [-0.1, -0.05) is 41.3 Å². The third-order valence-corrected chi connectivity index (χ3v) is 8.90. The summed E-state index contributed by atoms with van der Waals surface area (Å²) in [4.78, 5) is 66.3. The molecular weight excluding hydrogens is 558 g/mol. The minimum atomic E-state index is -1.29. The van der Waals surface area contributed by atoms with E-state index in [-0.39, 0.29) is 24.0 Å². The van der Waals surface area contributed by atoms with E-state index in [0.29, 0.717) is 32.7 Å². The molecule has 1 fully saturated rings. The summed E-state index contributed by atoms with van der Waals surface area (Å²) in [5.41, 5.74) is 2.23. The number of carbonyl (C=O) groups is 4. The number of hydrogen-bond donors (Lipinski definition) is 3. The number of ether oxygens (including phenoxy) is 2. The molecule has 5 rings (SSSR count). The predicted octanol–water partition coefficient (Wildman–Crippen LogP) is 2.84. The van der Waals surface area contributed by atoms with Crippen LogP contribution in [0.4, 0.5) is 5.69 Å². The molecule has 3 heterocycles. The first-order valence-electron chi connectivity index (χ1n) is 12.4. The second kappa shape index (κ2) is 11.2. The molecule has 2 unspecified atom stereocenters. The highest BCUT2D eigenvalue weighted by atomic mass is 32.2. The lowest BCUT2D eigenvalue weighted by atomic mass is 9.83. The molecule has 2 aliphatic heterocycles. The zero-order chi connectivity index (χ0) is 28.6. The van der Waals surface area contributed by atoms with Crippen LogP contribution in [-0.4, -0.2) is 63.7 Å². The van der Waals surface area contributed by atoms with Crippen molar-refractivity contribution in [1.29, 1.82) is 0 Å². The van der Waals surface area contributed by atoms with Crippen molar-refractivity contribution in [3.63, 3.8) is 0 Å². The Morgan fingerprint density at radius 2 is 1.88 bits per heavy atom. The number of aromatic amines is 1. The normalized spacial score (nSPS) is 19.6. The maximum atomic E-state index is 13.4. The Kier molecular flexibility index (Phi) is 7.68. The number of hydrogen-bond acceptors (Lipinski definition) is 9. The summed E-state index contributed by atoms with van der Waals surface area (Å²) in [6, 6.07) is 12.3. The SMILES string of the molecule is CCOc1cc([C@H]2c3sc(=O)[nH]c3SC3C(=O)N(CC(=O)O)C(=O)C32)ccc1OCC(=O)Nc1cccc(C)c1. The molecule has 1 aromatic heterocycles. The van der Waals surface area contributed by atoms with Crippen molar-refractivity contribution in [1.82, 2.24) is 9.88 Å². The van der Waals surface area contributed by atoms with E-state index < -0.39 is 41.4 Å². The minimum Gasteiger partial charge on any atom is -0.490 e. The number of nitrogens with one attached hydrogen (secondary N) is 2. The number of imide groups is 1. The number of thiazole rings is 1. The van der Waals surface area contributed by atoms with Crippen molar-refractivity contribution in [3.05, 3.63) is 68.1 Å². The summed E-state index contributed by atoms with van der Waals surface area (Å²) in [6.45, 7) is 2.98. The van der Waals surface area contributed by atoms with Crippen LogP contribution >= 0.6 is 23.1 Å². The Hall–Kier alpha value is -4.10. The van der Waals surface area contributed by atoms with Gasteiger partial charge in [0.1, 0.15) is 11.8 Å². The van der Waals surface area contributed by atoms with Gasteiger partial charge in [-0.25, -0.2) is 0 Å². The Bertz CT molecular complexity index is 1570. The highest BCUT2D eigenvalue weighted by molar-refractivity contribution is 8.00. The standard InChI is InChI=1S/C27H25N3O8S2/c1-3-37-17-10-14(7-8-16(17)38-12-18(31)28-15-6-4-5-13(2)9-15)20-21-23(39-24-22(20)40-27(36)29-24)26(35)30(25(21)34)11-19(32)33/h4-10,20-21,23H,3,11-12H2,1-2H3,(H,28,31)(H,29,36)(H,32,33)/t20-,21?,23?/m1/s1. The molecule has 3 atom stereocenters. The Morgan fingerprint density at radius 3 is 2.60 bits per heavy atom. The first kappa shape index (κ1) is 27.5. The van der Waals surface area contributed by atoms with Crippen LogP contribution in [0.15, 0.2) is 52.3 Å². The van der Waals surface area contributed by atoms with E-state index in [1.165, 1.54) is 0 Å². The summed E-state index contributed by atoms with van der Waals surface area (Å²) in [5.74, 6) is -3.84. The van der Waals surface area contributed by atoms with E-state index in [4.69, 9.17) is 9.47 Å². The first-order chi connectivity index (χ1) is 19.2. The third kappa shape index (κ3) is 5.34. The molecule has 208 valence electrons. The molecular formula is C27H25N3O8S2. The molecule has 1 saturated heterocycles. The fraction of sp³-hybridized carbons (Fsp3) is 0.296. The third-order valence-electron chi connectivity index (χ3n) is 6.50. The second-order valence-corrected chi connectivity index (χ2v) is 11.4. The molecule has 0 saturated carbocycles. The van der Waals surface area contributed by atoms with Crippen LogP contribution in [0.3, 0.4) is 0 Å². The lowest BCUT2D eigenvalue weighted by molar-refractivity contribution is -0.149. The van der Waals surface area contributed by atoms with Gasteiger partial charge in [-0.05, 0) is 49.2 Å². The van der Waals surface area contributed by atoms with Gasteiger partial charge in [0.15, 0.2) is 18.1 Å². The number of aromatic nitrogens is 1. The van der Waals surface area contributed by atoms with E-state index in [1.807, 2.05) is 25.1 Å². The number of amides is 3. The molecule has 0 aliphatic carbocycles. The van der Waals surface area contributed by atoms with E-state index in [2.05, 4.69) is 10.3 Å². The van der Waals surface area contributed by atoms with Crippen LogP contribution < -0.4 is 19.7 Å². The maximum absolute atomic E-state index is 13.4. The molecule has 3 N–H and O–H groups in total. The zero-order valence-corrected chi connectivity index (χ0v) is 23.1. The summed E-state index contributed by atoms with van der Waals surface area (Å²) >= 11 is 2.01. The number of nitrogens with zero attached hydrogens (tertiary/aromatic N) is 1. The number of likely N-dealkylation sites (tertiary alicyclic amines) is 1. The van der Waals surface area contributed by atoms with Gasteiger partial charge in [0.05, 0.1) is 17.6 Å². The van der Waals surface area contributed by atoms with Gasteiger partial charge in [0.25, 0.3) is 5.91 Å². The molecule has 3 amide bonds. The molecule has 2 aliphatic rings. The Morgan fingerprint density at radius 1 is 1.07 bits per heavy atom. The monoisotopic (exact) mass is 583 g/mol. The number of rotatable bonds is 9.